The zero-order chi connectivity index (χ0) is 29.1. The molecule has 0 saturated heterocycles. The summed E-state index contributed by atoms with van der Waals surface area (Å²) in [5.74, 6) is 0.108. The Balaban J connectivity index is 1.47. The average molecular weight is 561 g/mol. The number of aliphatic carboxylic acids is 1. The van der Waals surface area contributed by atoms with Crippen molar-refractivity contribution in [1.29, 1.82) is 0 Å². The maximum absolute atomic E-state index is 15.1. The van der Waals surface area contributed by atoms with Gasteiger partial charge >= 0.3 is 5.97 Å². The van der Waals surface area contributed by atoms with Gasteiger partial charge in [-0.15, -0.1) is 0 Å². The van der Waals surface area contributed by atoms with E-state index in [0.717, 1.165) is 72.3 Å². The van der Waals surface area contributed by atoms with Gasteiger partial charge in [-0.1, -0.05) is 51.1 Å². The van der Waals surface area contributed by atoms with Gasteiger partial charge in [-0.05, 0) is 91.4 Å². The summed E-state index contributed by atoms with van der Waals surface area (Å²) >= 11 is 0. The fourth-order valence-electron chi connectivity index (χ4n) is 6.15. The van der Waals surface area contributed by atoms with Gasteiger partial charge in [0.05, 0.1) is 18.7 Å². The number of carboxylic acids is 1. The first kappa shape index (κ1) is 29.1. The molecule has 5 rings (SSSR count). The van der Waals surface area contributed by atoms with Gasteiger partial charge in [-0.3, -0.25) is 9.69 Å². The van der Waals surface area contributed by atoms with Crippen LogP contribution in [0.3, 0.4) is 0 Å². The van der Waals surface area contributed by atoms with Crippen LogP contribution in [-0.2, 0) is 17.8 Å². The number of rotatable bonds is 12. The summed E-state index contributed by atoms with van der Waals surface area (Å²) in [6.45, 7) is 10.9. The second-order valence-electron chi connectivity index (χ2n) is 11.3. The number of fused-ring (bicyclic) bond motifs is 1. The summed E-state index contributed by atoms with van der Waals surface area (Å²) in [4.78, 5) is 18.3. The third-order valence-electron chi connectivity index (χ3n) is 8.68. The molecule has 1 aliphatic carbocycles. The number of ether oxygens (including phenoxy) is 2. The zero-order valence-electron chi connectivity index (χ0n) is 24.5. The second-order valence-corrected chi connectivity index (χ2v) is 11.3. The molecule has 41 heavy (non-hydrogen) atoms. The van der Waals surface area contributed by atoms with Crippen LogP contribution < -0.4 is 9.47 Å². The number of hydrogen-bond acceptors (Lipinski definition) is 5. The minimum atomic E-state index is -0.752. The molecule has 0 spiro atoms. The van der Waals surface area contributed by atoms with Crippen molar-refractivity contribution in [3.05, 3.63) is 76.7 Å². The Kier molecular flexibility index (Phi) is 8.93. The van der Waals surface area contributed by atoms with Gasteiger partial charge in [0, 0.05) is 18.2 Å². The van der Waals surface area contributed by atoms with E-state index in [1.54, 1.807) is 6.07 Å². The number of carboxylic acid groups (broad SMARTS) is 1. The van der Waals surface area contributed by atoms with Crippen molar-refractivity contribution in [1.82, 2.24) is 9.88 Å². The highest BCUT2D eigenvalue weighted by Gasteiger charge is 2.39. The maximum Gasteiger partial charge on any atom is 0.306 e. The lowest BCUT2D eigenvalue weighted by Gasteiger charge is -2.29. The van der Waals surface area contributed by atoms with Crippen molar-refractivity contribution in [2.75, 3.05) is 19.7 Å². The SMILES string of the molecule is CCOc1cc(-c2ccc([C@@H]3CCc4ccc(C(C5CC5)[C@H](C)C(=O)O)cc4O3)cc2CN(CC)CC)c(F)cn1. The van der Waals surface area contributed by atoms with Crippen molar-refractivity contribution in [2.45, 2.75) is 71.9 Å². The van der Waals surface area contributed by atoms with Gasteiger partial charge < -0.3 is 14.6 Å². The molecule has 0 amide bonds. The van der Waals surface area contributed by atoms with Crippen LogP contribution in [0.1, 0.15) is 81.2 Å². The molecular weight excluding hydrogens is 519 g/mol. The minimum absolute atomic E-state index is 0.00132. The van der Waals surface area contributed by atoms with Crippen molar-refractivity contribution in [3.8, 4) is 22.8 Å². The van der Waals surface area contributed by atoms with Crippen LogP contribution in [0.4, 0.5) is 4.39 Å². The lowest BCUT2D eigenvalue weighted by Crippen LogP contribution is -2.23. The summed E-state index contributed by atoms with van der Waals surface area (Å²) in [7, 11) is 0. The lowest BCUT2D eigenvalue weighted by atomic mass is 9.82. The Hall–Kier alpha value is -3.45. The Morgan fingerprint density at radius 2 is 1.88 bits per heavy atom. The number of pyridine rings is 1. The van der Waals surface area contributed by atoms with Crippen LogP contribution in [0.15, 0.2) is 48.7 Å². The topological polar surface area (TPSA) is 71.9 Å². The summed E-state index contributed by atoms with van der Waals surface area (Å²) in [5, 5.41) is 9.74. The third-order valence-corrected chi connectivity index (χ3v) is 8.68. The van der Waals surface area contributed by atoms with E-state index in [-0.39, 0.29) is 17.8 Å². The van der Waals surface area contributed by atoms with E-state index in [2.05, 4.69) is 48.0 Å². The molecule has 1 unspecified atom stereocenters. The molecule has 7 heteroatoms. The van der Waals surface area contributed by atoms with Crippen LogP contribution >= 0.6 is 0 Å². The minimum Gasteiger partial charge on any atom is -0.485 e. The van der Waals surface area contributed by atoms with E-state index in [4.69, 9.17) is 9.47 Å². The molecule has 2 heterocycles. The molecule has 0 bridgehead atoms. The van der Waals surface area contributed by atoms with Crippen LogP contribution in [0, 0.1) is 17.7 Å². The fraction of sp³-hybridized carbons (Fsp3) is 0.471. The van der Waals surface area contributed by atoms with Gasteiger partial charge in [0.2, 0.25) is 5.88 Å². The van der Waals surface area contributed by atoms with Gasteiger partial charge in [-0.25, -0.2) is 9.37 Å². The van der Waals surface area contributed by atoms with E-state index in [0.29, 0.717) is 30.5 Å². The molecule has 3 atom stereocenters. The Morgan fingerprint density at radius 1 is 1.10 bits per heavy atom. The number of carbonyl (C=O) groups is 1. The zero-order valence-corrected chi connectivity index (χ0v) is 24.5. The predicted octanol–water partition coefficient (Wildman–Crippen LogP) is 7.41. The van der Waals surface area contributed by atoms with Crippen molar-refractivity contribution in [2.24, 2.45) is 11.8 Å². The average Bonchev–Trinajstić information content (AvgIpc) is 3.82. The van der Waals surface area contributed by atoms with Crippen LogP contribution in [-0.4, -0.2) is 40.7 Å². The van der Waals surface area contributed by atoms with E-state index in [1.807, 2.05) is 26.0 Å². The molecule has 218 valence electrons. The molecule has 1 N–H and O–H groups in total. The standard InChI is InChI=1S/C34H41FN2O4/c1-5-37(6-2)20-26-16-24(12-14-27(26)28-18-32(40-7-3)36-19-29(28)35)30-15-13-22-8-11-25(17-31(22)41-30)33(23-9-10-23)21(4)34(38)39/h8,11-12,14,16-19,21,23,30,33H,5-7,9-10,13,15,20H2,1-4H3,(H,38,39)/t21-,30-,33?/m0/s1. The van der Waals surface area contributed by atoms with Gasteiger partial charge in [0.1, 0.15) is 17.7 Å². The number of aromatic nitrogens is 1. The fourth-order valence-corrected chi connectivity index (χ4v) is 6.15. The number of hydrogen-bond donors (Lipinski definition) is 1. The Bertz CT molecular complexity index is 1390. The van der Waals surface area contributed by atoms with Crippen molar-refractivity contribution >= 4 is 5.97 Å². The quantitative estimate of drug-likeness (QED) is 0.249. The number of aryl methyl sites for hydroxylation is 1. The molecule has 1 fully saturated rings. The number of halogens is 1. The molecule has 1 aromatic heterocycles. The van der Waals surface area contributed by atoms with E-state index >= 15 is 4.39 Å². The summed E-state index contributed by atoms with van der Waals surface area (Å²) < 4.78 is 27.3. The molecule has 0 radical (unpaired) electrons. The highest BCUT2D eigenvalue weighted by atomic mass is 19.1. The van der Waals surface area contributed by atoms with Crippen LogP contribution in [0.5, 0.6) is 11.6 Å². The Morgan fingerprint density at radius 3 is 2.56 bits per heavy atom. The van der Waals surface area contributed by atoms with E-state index in [1.165, 1.54) is 6.20 Å². The molecule has 2 aromatic carbocycles. The summed E-state index contributed by atoms with van der Waals surface area (Å²) in [6.07, 6.45) is 4.97. The second kappa shape index (κ2) is 12.6. The van der Waals surface area contributed by atoms with Gasteiger partial charge in [-0.2, -0.15) is 0 Å². The highest BCUT2D eigenvalue weighted by Crippen LogP contribution is 2.48. The van der Waals surface area contributed by atoms with Crippen LogP contribution in [0.2, 0.25) is 0 Å². The van der Waals surface area contributed by atoms with Crippen molar-refractivity contribution < 1.29 is 23.8 Å². The first-order valence-electron chi connectivity index (χ1n) is 15.0. The lowest BCUT2D eigenvalue weighted by molar-refractivity contribution is -0.142. The van der Waals surface area contributed by atoms with Crippen molar-refractivity contribution in [3.63, 3.8) is 0 Å². The Labute approximate surface area is 242 Å². The van der Waals surface area contributed by atoms with Gasteiger partial charge in [0.15, 0.2) is 0 Å². The summed E-state index contributed by atoms with van der Waals surface area (Å²) in [5.41, 5.74) is 5.61. The molecule has 3 aromatic rings. The van der Waals surface area contributed by atoms with E-state index < -0.39 is 11.9 Å². The molecule has 1 saturated carbocycles. The van der Waals surface area contributed by atoms with Gasteiger partial charge in [0.25, 0.3) is 0 Å². The molecular formula is C34H41FN2O4. The number of nitrogens with zero attached hydrogens (tertiary/aromatic N) is 2. The predicted molar refractivity (Wildman–Crippen MR) is 158 cm³/mol. The maximum atomic E-state index is 15.1. The first-order valence-corrected chi connectivity index (χ1v) is 15.0. The van der Waals surface area contributed by atoms with E-state index in [9.17, 15) is 9.90 Å². The normalized spacial score (nSPS) is 18.0. The number of benzene rings is 2. The third kappa shape index (κ3) is 6.40. The highest BCUT2D eigenvalue weighted by molar-refractivity contribution is 5.71. The molecule has 2 aliphatic rings. The summed E-state index contributed by atoms with van der Waals surface area (Å²) in [6, 6.07) is 14.2. The smallest absolute Gasteiger partial charge is 0.306 e. The van der Waals surface area contributed by atoms with Crippen LogP contribution in [0.25, 0.3) is 11.1 Å². The first-order chi connectivity index (χ1) is 19.8. The molecule has 1 aliphatic heterocycles. The molecule has 6 nitrogen and oxygen atoms in total. The monoisotopic (exact) mass is 560 g/mol. The largest absolute Gasteiger partial charge is 0.485 e.